The van der Waals surface area contributed by atoms with Crippen molar-refractivity contribution < 1.29 is 9.63 Å². The largest absolute Gasteiger partial charge is 0.369 e. The summed E-state index contributed by atoms with van der Waals surface area (Å²) in [5.41, 5.74) is 8.53. The summed E-state index contributed by atoms with van der Waals surface area (Å²) in [5, 5.41) is 2.36. The van der Waals surface area contributed by atoms with Crippen LogP contribution in [-0.2, 0) is 9.63 Å². The van der Waals surface area contributed by atoms with Gasteiger partial charge in [-0.05, 0) is 88.4 Å². The standard InChI is InChI=1S/C22H37N3O2S.C3H7Cl/c1-4-5-6-7-11-28-25-22(9-8-10-22)27-24-19-16(2)12-17-13-18(19)15-21(3,14-17)20(23)26;1-3(2)4/h5-7,11,16-19,24-25H,4,8-10,12-15H2,1-3H3,(H2,23,26);3H,1-2H3/b6-5-,11-7+;. The van der Waals surface area contributed by atoms with Gasteiger partial charge < -0.3 is 5.73 Å². The number of allylic oxidation sites excluding steroid dienone is 3. The summed E-state index contributed by atoms with van der Waals surface area (Å²) < 4.78 is 3.49. The number of nitrogens with two attached hydrogens (primary N) is 1. The lowest BCUT2D eigenvalue weighted by molar-refractivity contribution is -0.185. The molecule has 0 spiro atoms. The number of rotatable bonds is 9. The second kappa shape index (κ2) is 12.8. The number of fused-ring (bicyclic) bond motifs is 2. The van der Waals surface area contributed by atoms with Crippen LogP contribution in [0.4, 0.5) is 0 Å². The topological polar surface area (TPSA) is 76.4 Å². The van der Waals surface area contributed by atoms with Gasteiger partial charge in [0.1, 0.15) is 5.72 Å². The molecular formula is C25H44ClN3O2S. The molecule has 5 nitrogen and oxygen atoms in total. The number of hydroxylamine groups is 1. The molecule has 4 N–H and O–H groups in total. The van der Waals surface area contributed by atoms with Gasteiger partial charge in [-0.1, -0.05) is 50.9 Å². The first-order chi connectivity index (χ1) is 15.1. The fourth-order valence-corrected chi connectivity index (χ4v) is 5.94. The number of hydrogen-bond acceptors (Lipinski definition) is 5. The van der Waals surface area contributed by atoms with E-state index in [1.54, 1.807) is 11.9 Å². The highest BCUT2D eigenvalue weighted by atomic mass is 35.5. The molecule has 0 aliphatic heterocycles. The van der Waals surface area contributed by atoms with E-state index in [9.17, 15) is 4.79 Å². The average Bonchev–Trinajstić information content (AvgIpc) is 2.66. The molecular weight excluding hydrogens is 442 g/mol. The summed E-state index contributed by atoms with van der Waals surface area (Å²) in [6, 6.07) is 0.280. The highest BCUT2D eigenvalue weighted by Gasteiger charge is 2.49. The first kappa shape index (κ1) is 27.7. The lowest BCUT2D eigenvalue weighted by Crippen LogP contribution is -2.58. The molecule has 3 saturated carbocycles. The number of nitrogens with one attached hydrogen (secondary N) is 2. The van der Waals surface area contributed by atoms with Gasteiger partial charge in [0.05, 0.1) is 0 Å². The Morgan fingerprint density at radius 1 is 1.28 bits per heavy atom. The molecule has 2 bridgehead atoms. The van der Waals surface area contributed by atoms with Crippen LogP contribution in [0, 0.1) is 23.2 Å². The zero-order valence-corrected chi connectivity index (χ0v) is 22.1. The summed E-state index contributed by atoms with van der Waals surface area (Å²) in [6.45, 7) is 10.4. The van der Waals surface area contributed by atoms with Gasteiger partial charge in [-0.25, -0.2) is 4.72 Å². The third-order valence-electron chi connectivity index (χ3n) is 6.93. The molecule has 1 amide bonds. The zero-order chi connectivity index (χ0) is 23.8. The average molecular weight is 486 g/mol. The summed E-state index contributed by atoms with van der Waals surface area (Å²) in [6.07, 6.45) is 14.6. The summed E-state index contributed by atoms with van der Waals surface area (Å²) in [7, 11) is 0. The van der Waals surface area contributed by atoms with Crippen molar-refractivity contribution in [2.24, 2.45) is 28.9 Å². The molecule has 0 heterocycles. The number of primary amides is 1. The number of halogens is 1. The molecule has 3 fully saturated rings. The molecule has 184 valence electrons. The molecule has 32 heavy (non-hydrogen) atoms. The third kappa shape index (κ3) is 8.05. The van der Waals surface area contributed by atoms with Gasteiger partial charge >= 0.3 is 0 Å². The lowest BCUT2D eigenvalue weighted by Gasteiger charge is -2.51. The molecule has 5 atom stereocenters. The van der Waals surface area contributed by atoms with Crippen molar-refractivity contribution in [3.8, 4) is 0 Å². The van der Waals surface area contributed by atoms with E-state index in [1.807, 2.05) is 20.8 Å². The Morgan fingerprint density at radius 2 is 1.97 bits per heavy atom. The van der Waals surface area contributed by atoms with Gasteiger partial charge in [0.15, 0.2) is 0 Å². The van der Waals surface area contributed by atoms with E-state index >= 15 is 0 Å². The lowest BCUT2D eigenvalue weighted by atomic mass is 9.57. The van der Waals surface area contributed by atoms with Crippen molar-refractivity contribution in [1.82, 2.24) is 10.2 Å². The molecule has 0 aromatic carbocycles. The van der Waals surface area contributed by atoms with Crippen LogP contribution in [0.25, 0.3) is 0 Å². The minimum absolute atomic E-state index is 0.145. The molecule has 0 aromatic rings. The predicted molar refractivity (Wildman–Crippen MR) is 137 cm³/mol. The molecule has 0 saturated heterocycles. The fraction of sp³-hybridized carbons (Fsp3) is 0.800. The van der Waals surface area contributed by atoms with Crippen LogP contribution in [0.1, 0.15) is 86.0 Å². The van der Waals surface area contributed by atoms with Crippen molar-refractivity contribution in [3.63, 3.8) is 0 Å². The van der Waals surface area contributed by atoms with E-state index in [1.165, 1.54) is 12.8 Å². The van der Waals surface area contributed by atoms with Crippen LogP contribution in [0.2, 0.25) is 0 Å². The SMILES string of the molecule is CC(C)Cl.CC/C=C\C=C\SNC1(ONC2C(C)CC3CC2CC(C)(C(N)=O)C3)CCC1. The van der Waals surface area contributed by atoms with E-state index in [0.29, 0.717) is 23.1 Å². The zero-order valence-electron chi connectivity index (χ0n) is 20.5. The number of amides is 1. The minimum Gasteiger partial charge on any atom is -0.369 e. The van der Waals surface area contributed by atoms with Crippen molar-refractivity contribution in [1.29, 1.82) is 0 Å². The van der Waals surface area contributed by atoms with E-state index in [-0.39, 0.29) is 23.1 Å². The molecule has 5 unspecified atom stereocenters. The van der Waals surface area contributed by atoms with E-state index in [0.717, 1.165) is 38.5 Å². The van der Waals surface area contributed by atoms with E-state index in [2.05, 4.69) is 47.7 Å². The Bertz CT molecular complexity index is 648. The highest BCUT2D eigenvalue weighted by molar-refractivity contribution is 8.00. The quantitative estimate of drug-likeness (QED) is 0.122. The van der Waals surface area contributed by atoms with Crippen LogP contribution in [0.15, 0.2) is 23.6 Å². The Labute approximate surface area is 204 Å². The Hall–Kier alpha value is -0.530. The second-order valence-corrected chi connectivity index (χ2v) is 12.0. The van der Waals surface area contributed by atoms with Crippen LogP contribution in [0.5, 0.6) is 0 Å². The molecule has 3 aliphatic carbocycles. The first-order valence-corrected chi connectivity index (χ1v) is 13.5. The minimum atomic E-state index is -0.368. The summed E-state index contributed by atoms with van der Waals surface area (Å²) in [5.74, 6) is 1.46. The molecule has 0 radical (unpaired) electrons. The Kier molecular flexibility index (Phi) is 11.1. The summed E-state index contributed by atoms with van der Waals surface area (Å²) in [4.78, 5) is 18.3. The number of alkyl halides is 1. The Morgan fingerprint density at radius 3 is 2.53 bits per heavy atom. The van der Waals surface area contributed by atoms with Crippen molar-refractivity contribution in [2.75, 3.05) is 0 Å². The van der Waals surface area contributed by atoms with E-state index in [4.69, 9.17) is 22.2 Å². The summed E-state index contributed by atoms with van der Waals surface area (Å²) >= 11 is 6.86. The van der Waals surface area contributed by atoms with Crippen LogP contribution in [-0.4, -0.2) is 23.1 Å². The predicted octanol–water partition coefficient (Wildman–Crippen LogP) is 6.06. The normalized spacial score (nSPS) is 33.7. The highest BCUT2D eigenvalue weighted by Crippen LogP contribution is 2.50. The molecule has 7 heteroatoms. The van der Waals surface area contributed by atoms with Crippen molar-refractivity contribution in [3.05, 3.63) is 23.6 Å². The molecule has 0 aromatic heterocycles. The monoisotopic (exact) mass is 485 g/mol. The van der Waals surface area contributed by atoms with Gasteiger partial charge in [-0.2, -0.15) is 5.48 Å². The maximum Gasteiger partial charge on any atom is 0.223 e. The second-order valence-electron chi connectivity index (χ2n) is 10.4. The maximum atomic E-state index is 12.0. The third-order valence-corrected chi connectivity index (χ3v) is 7.72. The smallest absolute Gasteiger partial charge is 0.223 e. The fourth-order valence-electron chi connectivity index (χ4n) is 5.24. The van der Waals surface area contributed by atoms with Crippen LogP contribution < -0.4 is 15.9 Å². The Balaban J connectivity index is 0.000000837. The van der Waals surface area contributed by atoms with Gasteiger partial charge in [0.25, 0.3) is 0 Å². The number of hydrogen-bond donors (Lipinski definition) is 3. The van der Waals surface area contributed by atoms with Crippen LogP contribution >= 0.6 is 23.5 Å². The maximum absolute atomic E-state index is 12.0. The van der Waals surface area contributed by atoms with Crippen molar-refractivity contribution >= 4 is 29.5 Å². The van der Waals surface area contributed by atoms with Crippen LogP contribution in [0.3, 0.4) is 0 Å². The van der Waals surface area contributed by atoms with Gasteiger partial charge in [0, 0.05) is 16.8 Å². The van der Waals surface area contributed by atoms with E-state index < -0.39 is 0 Å². The molecule has 3 aliphatic rings. The first-order valence-electron chi connectivity index (χ1n) is 12.2. The number of carbonyl (C=O) groups excluding carboxylic acids is 1. The van der Waals surface area contributed by atoms with Gasteiger partial charge in [-0.15, -0.1) is 11.6 Å². The molecule has 3 rings (SSSR count). The number of carbonyl (C=O) groups is 1. The van der Waals surface area contributed by atoms with Gasteiger partial charge in [-0.3, -0.25) is 9.63 Å². The van der Waals surface area contributed by atoms with Gasteiger partial charge in [0.2, 0.25) is 5.91 Å². The van der Waals surface area contributed by atoms with Crippen molar-refractivity contribution in [2.45, 2.75) is 103 Å².